The van der Waals surface area contributed by atoms with Crippen LogP contribution in [0.25, 0.3) is 62.0 Å². The number of unbranched alkanes of at least 4 members (excludes halogenated alkanes) is 5. The molecule has 0 amide bonds. The van der Waals surface area contributed by atoms with Gasteiger partial charge in [-0.15, -0.1) is 45.3 Å². The Labute approximate surface area is 237 Å². The Hall–Kier alpha value is -2.58. The fourth-order valence-electron chi connectivity index (χ4n) is 5.09. The van der Waals surface area contributed by atoms with Crippen LogP contribution in [-0.2, 0) is 0 Å². The summed E-state index contributed by atoms with van der Waals surface area (Å²) in [6, 6.07) is 17.5. The second-order valence-corrected chi connectivity index (χ2v) is 14.4. The van der Waals surface area contributed by atoms with Gasteiger partial charge in [0.15, 0.2) is 0 Å². The largest absolute Gasteiger partial charge is 0.455 e. The average molecular weight is 576 g/mol. The van der Waals surface area contributed by atoms with Crippen LogP contribution in [-0.4, -0.2) is 6.54 Å². The maximum atomic E-state index is 6.30. The van der Waals surface area contributed by atoms with Crippen LogP contribution in [0.2, 0.25) is 0 Å². The minimum Gasteiger partial charge on any atom is -0.455 e. The van der Waals surface area contributed by atoms with Gasteiger partial charge in [-0.25, -0.2) is 0 Å². The lowest BCUT2D eigenvalue weighted by Gasteiger charge is -2.03. The van der Waals surface area contributed by atoms with Gasteiger partial charge in [0, 0.05) is 59.9 Å². The van der Waals surface area contributed by atoms with Crippen LogP contribution >= 0.6 is 45.3 Å². The highest BCUT2D eigenvalue weighted by atomic mass is 32.1. The molecular weight excluding hydrogens is 547 g/mol. The van der Waals surface area contributed by atoms with Gasteiger partial charge in [-0.05, 0) is 43.7 Å². The van der Waals surface area contributed by atoms with Crippen LogP contribution in [0.3, 0.4) is 0 Å². The second-order valence-electron chi connectivity index (χ2n) is 9.93. The van der Waals surface area contributed by atoms with Crippen LogP contribution in [0.4, 0.5) is 5.00 Å². The minimum atomic E-state index is 0.897. The number of hydrogen-bond acceptors (Lipinski definition) is 7. The molecule has 7 heteroatoms. The first-order valence-electron chi connectivity index (χ1n) is 13.4. The average Bonchev–Trinajstić information content (AvgIpc) is 3.72. The summed E-state index contributed by atoms with van der Waals surface area (Å²) in [5, 5.41) is 7.22. The van der Waals surface area contributed by atoms with Gasteiger partial charge >= 0.3 is 0 Å². The zero-order valence-corrected chi connectivity index (χ0v) is 24.8. The molecule has 0 saturated heterocycles. The van der Waals surface area contributed by atoms with Crippen molar-refractivity contribution < 1.29 is 8.83 Å². The predicted molar refractivity (Wildman–Crippen MR) is 170 cm³/mol. The van der Waals surface area contributed by atoms with Gasteiger partial charge in [-0.3, -0.25) is 0 Å². The minimum absolute atomic E-state index is 0.897. The summed E-state index contributed by atoms with van der Waals surface area (Å²) in [5.41, 5.74) is 3.71. The molecule has 6 heterocycles. The van der Waals surface area contributed by atoms with E-state index in [1.165, 1.54) is 88.1 Å². The van der Waals surface area contributed by atoms with E-state index in [9.17, 15) is 0 Å². The van der Waals surface area contributed by atoms with Crippen molar-refractivity contribution in [3.05, 3.63) is 53.4 Å². The lowest BCUT2D eigenvalue weighted by molar-refractivity contribution is 0.617. The van der Waals surface area contributed by atoms with E-state index in [0.717, 1.165) is 28.9 Å². The Morgan fingerprint density at radius 1 is 0.605 bits per heavy atom. The van der Waals surface area contributed by atoms with Gasteiger partial charge in [0.05, 0.1) is 14.4 Å². The molecule has 7 rings (SSSR count). The molecule has 1 aromatic carbocycles. The number of thiophene rings is 4. The highest BCUT2D eigenvalue weighted by Gasteiger charge is 2.19. The SMILES string of the molecule is CCCCCCCCNc1ccc(-c2cc3oc4cc5oc6cc(-c7ccc(C)s7)sc6c5cc4c3s2)s1. The Morgan fingerprint density at radius 3 is 1.89 bits per heavy atom. The number of benzene rings is 1. The first-order chi connectivity index (χ1) is 18.7. The summed E-state index contributed by atoms with van der Waals surface area (Å²) in [6.07, 6.45) is 7.95. The molecular formula is C31H29NO2S4. The van der Waals surface area contributed by atoms with Crippen LogP contribution < -0.4 is 5.32 Å². The molecule has 7 aromatic rings. The smallest absolute Gasteiger partial charge is 0.146 e. The molecule has 0 spiro atoms. The second kappa shape index (κ2) is 10.2. The van der Waals surface area contributed by atoms with Gasteiger partial charge in [0.2, 0.25) is 0 Å². The molecule has 0 bridgehead atoms. The van der Waals surface area contributed by atoms with Gasteiger partial charge in [0.1, 0.15) is 22.3 Å². The van der Waals surface area contributed by atoms with Crippen LogP contribution in [0, 0.1) is 6.92 Å². The summed E-state index contributed by atoms with van der Waals surface area (Å²) in [6.45, 7) is 5.47. The fourth-order valence-corrected chi connectivity index (χ4v) is 9.26. The Kier molecular flexibility index (Phi) is 6.56. The van der Waals surface area contributed by atoms with Crippen molar-refractivity contribution in [1.29, 1.82) is 0 Å². The predicted octanol–water partition coefficient (Wildman–Crippen LogP) is 12.1. The number of anilines is 1. The maximum absolute atomic E-state index is 6.30. The van der Waals surface area contributed by atoms with E-state index in [1.54, 1.807) is 0 Å². The summed E-state index contributed by atoms with van der Waals surface area (Å²) >= 11 is 7.31. The monoisotopic (exact) mass is 575 g/mol. The molecule has 38 heavy (non-hydrogen) atoms. The van der Waals surface area contributed by atoms with E-state index < -0.39 is 0 Å². The van der Waals surface area contributed by atoms with E-state index in [1.807, 2.05) is 45.3 Å². The van der Waals surface area contributed by atoms with E-state index >= 15 is 0 Å². The summed E-state index contributed by atoms with van der Waals surface area (Å²) in [5.74, 6) is 0. The summed E-state index contributed by atoms with van der Waals surface area (Å²) in [7, 11) is 0. The van der Waals surface area contributed by atoms with Crippen molar-refractivity contribution in [2.75, 3.05) is 11.9 Å². The van der Waals surface area contributed by atoms with E-state index in [4.69, 9.17) is 8.83 Å². The number of rotatable bonds is 10. The van der Waals surface area contributed by atoms with Crippen LogP contribution in [0.1, 0.15) is 50.3 Å². The number of nitrogens with one attached hydrogen (secondary N) is 1. The molecule has 0 aliphatic carbocycles. The fraction of sp³-hybridized carbons (Fsp3) is 0.290. The molecule has 0 fully saturated rings. The normalized spacial score (nSPS) is 12.2. The summed E-state index contributed by atoms with van der Waals surface area (Å²) < 4.78 is 15.0. The van der Waals surface area contributed by atoms with Crippen molar-refractivity contribution in [2.45, 2.75) is 52.4 Å². The number of fused-ring (bicyclic) bond motifs is 6. The van der Waals surface area contributed by atoms with E-state index in [0.29, 0.717) is 0 Å². The quantitative estimate of drug-likeness (QED) is 0.165. The van der Waals surface area contributed by atoms with Crippen molar-refractivity contribution >= 4 is 92.9 Å². The van der Waals surface area contributed by atoms with Crippen molar-refractivity contribution in [2.24, 2.45) is 0 Å². The third kappa shape index (κ3) is 4.49. The maximum Gasteiger partial charge on any atom is 0.146 e. The highest BCUT2D eigenvalue weighted by molar-refractivity contribution is 7.28. The Morgan fingerprint density at radius 2 is 1.24 bits per heavy atom. The van der Waals surface area contributed by atoms with Crippen molar-refractivity contribution in [3.8, 4) is 19.5 Å². The molecule has 3 nitrogen and oxygen atoms in total. The summed E-state index contributed by atoms with van der Waals surface area (Å²) in [4.78, 5) is 6.46. The van der Waals surface area contributed by atoms with Gasteiger partial charge in [-0.1, -0.05) is 39.0 Å². The first-order valence-corrected chi connectivity index (χ1v) is 16.7. The molecule has 194 valence electrons. The van der Waals surface area contributed by atoms with Crippen LogP contribution in [0.5, 0.6) is 0 Å². The number of furan rings is 2. The molecule has 0 aliphatic heterocycles. The third-order valence-electron chi connectivity index (χ3n) is 7.07. The molecule has 6 aromatic heterocycles. The molecule has 0 saturated carbocycles. The molecule has 0 radical (unpaired) electrons. The highest BCUT2D eigenvalue weighted by Crippen LogP contribution is 2.46. The van der Waals surface area contributed by atoms with Gasteiger partial charge < -0.3 is 14.2 Å². The van der Waals surface area contributed by atoms with Crippen molar-refractivity contribution in [1.82, 2.24) is 0 Å². The van der Waals surface area contributed by atoms with E-state index in [-0.39, 0.29) is 0 Å². The lowest BCUT2D eigenvalue weighted by Crippen LogP contribution is -1.99. The van der Waals surface area contributed by atoms with E-state index in [2.05, 4.69) is 67.7 Å². The topological polar surface area (TPSA) is 38.3 Å². The van der Waals surface area contributed by atoms with Gasteiger partial charge in [-0.2, -0.15) is 0 Å². The van der Waals surface area contributed by atoms with Crippen molar-refractivity contribution in [3.63, 3.8) is 0 Å². The zero-order valence-electron chi connectivity index (χ0n) is 21.5. The first kappa shape index (κ1) is 24.5. The van der Waals surface area contributed by atoms with Crippen LogP contribution in [0.15, 0.2) is 57.4 Å². The molecule has 1 N–H and O–H groups in total. The molecule has 0 aliphatic rings. The standard InChI is InChI=1S/C31H29NO2S4/c1-3-4-5-6-7-8-13-32-29-12-11-26(36-29)28-17-24-31(38-28)20-14-19-21(15-22(20)34-24)33-23-16-27(37-30(19)23)25-10-9-18(2)35-25/h9-12,14-17,32H,3-8,13H2,1-2H3. The number of aryl methyl sites for hydroxylation is 1. The Bertz CT molecular complexity index is 1870. The lowest BCUT2D eigenvalue weighted by atomic mass is 10.1. The van der Waals surface area contributed by atoms with Gasteiger partial charge in [0.25, 0.3) is 0 Å². The molecule has 0 atom stereocenters. The Balaban J connectivity index is 1.14. The number of hydrogen-bond donors (Lipinski definition) is 1. The molecule has 0 unspecified atom stereocenters. The zero-order chi connectivity index (χ0) is 25.6. The third-order valence-corrected chi connectivity index (χ3v) is 11.8.